The van der Waals surface area contributed by atoms with E-state index < -0.39 is 0 Å². The van der Waals surface area contributed by atoms with Crippen LogP contribution in [0.25, 0.3) is 27.8 Å². The van der Waals surface area contributed by atoms with Crippen LogP contribution in [0.15, 0.2) is 66.7 Å². The van der Waals surface area contributed by atoms with Gasteiger partial charge >= 0.3 is 0 Å². The van der Waals surface area contributed by atoms with E-state index in [0.29, 0.717) is 12.5 Å². The molecule has 0 spiro atoms. The molecule has 2 N–H and O–H groups in total. The van der Waals surface area contributed by atoms with Gasteiger partial charge in [-0.15, -0.1) is 0 Å². The van der Waals surface area contributed by atoms with E-state index in [4.69, 9.17) is 0 Å². The second-order valence-corrected chi connectivity index (χ2v) is 13.6. The average molecular weight is 538 g/mol. The molecule has 1 aliphatic heterocycles. The van der Waals surface area contributed by atoms with E-state index in [-0.39, 0.29) is 10.8 Å². The summed E-state index contributed by atoms with van der Waals surface area (Å²) in [6, 6.07) is 23.1. The largest absolute Gasteiger partial charge is 0.396 e. The molecule has 0 saturated carbocycles. The first-order valence-electron chi connectivity index (χ1n) is 15.4. The summed E-state index contributed by atoms with van der Waals surface area (Å²) in [6.07, 6.45) is 9.14. The summed E-state index contributed by atoms with van der Waals surface area (Å²) in [5, 5.41) is 13.1. The standard InChI is InChI=1S/C38H51NO/c1-8-32-27(13-11-9-10-12-26-40)24-25-39-36-34(29-16-20-31(21-17-29)38(5,6)7)23-22-33(35(32)36)28-14-18-30(19-15-28)37(2,3)4/h8,14-23,27,39-40H,9-13,24-26H2,1-7H3. The molecule has 1 heterocycles. The van der Waals surface area contributed by atoms with Crippen LogP contribution in [0.4, 0.5) is 5.69 Å². The third-order valence-electron chi connectivity index (χ3n) is 8.62. The van der Waals surface area contributed by atoms with Gasteiger partial charge in [-0.3, -0.25) is 0 Å². The molecule has 4 rings (SSSR count). The van der Waals surface area contributed by atoms with Gasteiger partial charge in [0, 0.05) is 24.3 Å². The number of allylic oxidation sites excluding steroid dienone is 2. The van der Waals surface area contributed by atoms with Crippen LogP contribution >= 0.6 is 0 Å². The summed E-state index contributed by atoms with van der Waals surface area (Å²) in [7, 11) is 0. The molecule has 3 aromatic carbocycles. The minimum atomic E-state index is 0.135. The van der Waals surface area contributed by atoms with Crippen molar-refractivity contribution in [1.82, 2.24) is 0 Å². The first-order valence-corrected chi connectivity index (χ1v) is 15.4. The number of hydrogen-bond acceptors (Lipinski definition) is 2. The first kappa shape index (κ1) is 30.1. The van der Waals surface area contributed by atoms with Crippen molar-refractivity contribution < 1.29 is 5.11 Å². The maximum atomic E-state index is 9.20. The van der Waals surface area contributed by atoms with Crippen molar-refractivity contribution in [2.24, 2.45) is 5.92 Å². The van der Waals surface area contributed by atoms with Crippen molar-refractivity contribution in [1.29, 1.82) is 0 Å². The lowest BCUT2D eigenvalue weighted by Crippen LogP contribution is -2.10. The summed E-state index contributed by atoms with van der Waals surface area (Å²) in [5.74, 6) is 0.527. The molecule has 1 unspecified atom stereocenters. The summed E-state index contributed by atoms with van der Waals surface area (Å²) in [4.78, 5) is 0. The molecule has 0 bridgehead atoms. The van der Waals surface area contributed by atoms with Crippen molar-refractivity contribution in [2.75, 3.05) is 18.5 Å². The molecule has 0 aromatic heterocycles. The van der Waals surface area contributed by atoms with E-state index in [1.54, 1.807) is 0 Å². The quantitative estimate of drug-likeness (QED) is 0.280. The van der Waals surface area contributed by atoms with Crippen LogP contribution in [0.1, 0.15) is 104 Å². The molecular weight excluding hydrogens is 486 g/mol. The van der Waals surface area contributed by atoms with Gasteiger partial charge in [-0.2, -0.15) is 0 Å². The fourth-order valence-electron chi connectivity index (χ4n) is 6.13. The lowest BCUT2D eigenvalue weighted by atomic mass is 9.80. The van der Waals surface area contributed by atoms with Crippen molar-refractivity contribution in [2.45, 2.75) is 97.8 Å². The van der Waals surface area contributed by atoms with Crippen molar-refractivity contribution in [3.63, 3.8) is 0 Å². The highest BCUT2D eigenvalue weighted by atomic mass is 16.2. The van der Waals surface area contributed by atoms with E-state index in [0.717, 1.165) is 25.8 Å². The Balaban J connectivity index is 1.81. The molecule has 1 atom stereocenters. The molecule has 0 saturated heterocycles. The maximum Gasteiger partial charge on any atom is 0.0502 e. The maximum absolute atomic E-state index is 9.20. The van der Waals surface area contributed by atoms with Crippen LogP contribution in [0, 0.1) is 5.92 Å². The predicted octanol–water partition coefficient (Wildman–Crippen LogP) is 10.4. The Labute approximate surface area is 243 Å². The Morgan fingerprint density at radius 2 is 1.25 bits per heavy atom. The summed E-state index contributed by atoms with van der Waals surface area (Å²) >= 11 is 0. The van der Waals surface area contributed by atoms with Crippen LogP contribution in [-0.2, 0) is 10.8 Å². The van der Waals surface area contributed by atoms with Gasteiger partial charge in [0.05, 0.1) is 5.69 Å². The molecule has 2 nitrogen and oxygen atoms in total. The molecule has 0 radical (unpaired) electrons. The smallest absolute Gasteiger partial charge is 0.0502 e. The molecule has 214 valence electrons. The summed E-state index contributed by atoms with van der Waals surface area (Å²) in [5.41, 5.74) is 12.3. The lowest BCUT2D eigenvalue weighted by Gasteiger charge is -2.24. The fourth-order valence-corrected chi connectivity index (χ4v) is 6.13. The van der Waals surface area contributed by atoms with E-state index >= 15 is 0 Å². The van der Waals surface area contributed by atoms with Gasteiger partial charge in [0.15, 0.2) is 0 Å². The molecule has 0 aliphatic carbocycles. The first-order chi connectivity index (χ1) is 19.0. The van der Waals surface area contributed by atoms with Gasteiger partial charge in [-0.25, -0.2) is 0 Å². The Kier molecular flexibility index (Phi) is 9.62. The van der Waals surface area contributed by atoms with Crippen LogP contribution < -0.4 is 5.32 Å². The van der Waals surface area contributed by atoms with Gasteiger partial charge in [-0.1, -0.05) is 128 Å². The van der Waals surface area contributed by atoms with Crippen molar-refractivity contribution in [3.8, 4) is 22.3 Å². The monoisotopic (exact) mass is 537 g/mol. The van der Waals surface area contributed by atoms with Gasteiger partial charge < -0.3 is 10.4 Å². The van der Waals surface area contributed by atoms with Crippen molar-refractivity contribution >= 4 is 11.3 Å². The number of rotatable bonds is 8. The number of aliphatic hydroxyl groups excluding tert-OH is 1. The number of anilines is 1. The van der Waals surface area contributed by atoms with Crippen molar-refractivity contribution in [3.05, 3.63) is 83.4 Å². The summed E-state index contributed by atoms with van der Waals surface area (Å²) in [6.45, 7) is 17.2. The zero-order valence-corrected chi connectivity index (χ0v) is 26.0. The van der Waals surface area contributed by atoms with E-state index in [1.165, 1.54) is 69.5 Å². The van der Waals surface area contributed by atoms with Crippen LogP contribution in [0.3, 0.4) is 0 Å². The predicted molar refractivity (Wildman–Crippen MR) is 175 cm³/mol. The highest BCUT2D eigenvalue weighted by Gasteiger charge is 2.27. The second-order valence-electron chi connectivity index (χ2n) is 13.6. The Morgan fingerprint density at radius 3 is 1.77 bits per heavy atom. The normalized spacial score (nSPS) is 16.9. The summed E-state index contributed by atoms with van der Waals surface area (Å²) < 4.78 is 0. The molecular formula is C38H51NO. The Morgan fingerprint density at radius 1 is 0.725 bits per heavy atom. The number of aliphatic hydroxyl groups is 1. The highest BCUT2D eigenvalue weighted by molar-refractivity contribution is 5.96. The molecule has 0 fully saturated rings. The lowest BCUT2D eigenvalue weighted by molar-refractivity contribution is 0.282. The fraction of sp³-hybridized carbons (Fsp3) is 0.474. The molecule has 0 amide bonds. The number of benzene rings is 3. The van der Waals surface area contributed by atoms with Crippen LogP contribution in [0.2, 0.25) is 0 Å². The number of nitrogens with one attached hydrogen (secondary N) is 1. The molecule has 2 heteroatoms. The number of fused-ring (bicyclic) bond motifs is 1. The van der Waals surface area contributed by atoms with Gasteiger partial charge in [0.1, 0.15) is 0 Å². The number of unbranched alkanes of at least 4 members (excludes halogenated alkanes) is 3. The van der Waals surface area contributed by atoms with E-state index in [9.17, 15) is 5.11 Å². The topological polar surface area (TPSA) is 32.3 Å². The molecule has 1 aliphatic rings. The average Bonchev–Trinajstić information content (AvgIpc) is 3.11. The van der Waals surface area contributed by atoms with E-state index in [1.807, 2.05) is 0 Å². The molecule has 3 aromatic rings. The van der Waals surface area contributed by atoms with Crippen LogP contribution in [0.5, 0.6) is 0 Å². The third-order valence-corrected chi connectivity index (χ3v) is 8.62. The zero-order valence-electron chi connectivity index (χ0n) is 26.0. The Bertz CT molecular complexity index is 1280. The zero-order chi connectivity index (χ0) is 28.9. The minimum Gasteiger partial charge on any atom is -0.396 e. The van der Waals surface area contributed by atoms with E-state index in [2.05, 4.69) is 121 Å². The third kappa shape index (κ3) is 6.89. The van der Waals surface area contributed by atoms with Gasteiger partial charge in [0.25, 0.3) is 0 Å². The highest BCUT2D eigenvalue weighted by Crippen LogP contribution is 2.47. The molecule has 40 heavy (non-hydrogen) atoms. The van der Waals surface area contributed by atoms with Crippen LogP contribution in [-0.4, -0.2) is 18.3 Å². The Hall–Kier alpha value is -2.84. The van der Waals surface area contributed by atoms with Gasteiger partial charge in [0.2, 0.25) is 0 Å². The second kappa shape index (κ2) is 12.8. The van der Waals surface area contributed by atoms with Gasteiger partial charge in [-0.05, 0) is 76.3 Å². The number of hydrogen-bond donors (Lipinski definition) is 2. The minimum absolute atomic E-state index is 0.135. The SMILES string of the molecule is CC=C1c2c(-c3ccc(C(C)(C)C)cc3)ccc(-c3ccc(C(C)(C)C)cc3)c2NCCC1CCCCCCO.